The Morgan fingerprint density at radius 1 is 1.03 bits per heavy atom. The summed E-state index contributed by atoms with van der Waals surface area (Å²) in [6, 6.07) is 18.3. The summed E-state index contributed by atoms with van der Waals surface area (Å²) < 4.78 is 54.9. The fourth-order valence-electron chi connectivity index (χ4n) is 4.25. The number of aliphatic carboxylic acids is 1. The molecule has 11 heteroatoms. The van der Waals surface area contributed by atoms with Crippen LogP contribution in [0.4, 0.5) is 0 Å². The summed E-state index contributed by atoms with van der Waals surface area (Å²) in [4.78, 5) is 13.2. The van der Waals surface area contributed by atoms with Crippen molar-refractivity contribution >= 4 is 48.8 Å². The van der Waals surface area contributed by atoms with E-state index in [0.29, 0.717) is 15.5 Å². The van der Waals surface area contributed by atoms with Gasteiger partial charge in [0.1, 0.15) is 9.75 Å². The number of carboxylic acids is 1. The molecule has 2 N–H and O–H groups in total. The van der Waals surface area contributed by atoms with Crippen molar-refractivity contribution in [3.8, 4) is 10.4 Å². The van der Waals surface area contributed by atoms with E-state index < -0.39 is 47.8 Å². The van der Waals surface area contributed by atoms with E-state index in [1.807, 2.05) is 0 Å². The van der Waals surface area contributed by atoms with Crippen LogP contribution in [0.15, 0.2) is 70.9 Å². The first-order chi connectivity index (χ1) is 16.3. The van der Waals surface area contributed by atoms with E-state index in [2.05, 4.69) is 4.72 Å². The van der Waals surface area contributed by atoms with E-state index in [1.165, 1.54) is 19.9 Å². The lowest BCUT2D eigenvalue weighted by Crippen LogP contribution is -2.50. The number of rotatable bonds is 9. The second kappa shape index (κ2) is 9.01. The average molecular weight is 554 g/mol. The second-order valence-corrected chi connectivity index (χ2v) is 14.9. The molecule has 4 rings (SSSR count). The van der Waals surface area contributed by atoms with Gasteiger partial charge in [-0.05, 0) is 55.7 Å². The fourth-order valence-corrected chi connectivity index (χ4v) is 8.65. The number of halogens is 1. The highest BCUT2D eigenvalue weighted by molar-refractivity contribution is 7.92. The third-order valence-corrected chi connectivity index (χ3v) is 12.1. The van der Waals surface area contributed by atoms with Crippen molar-refractivity contribution in [2.75, 3.05) is 5.75 Å². The predicted molar refractivity (Wildman–Crippen MR) is 137 cm³/mol. The molecule has 1 saturated carbocycles. The zero-order valence-corrected chi connectivity index (χ0v) is 22.1. The van der Waals surface area contributed by atoms with E-state index in [-0.39, 0.29) is 10.6 Å². The van der Waals surface area contributed by atoms with Gasteiger partial charge in [0.15, 0.2) is 9.84 Å². The van der Waals surface area contributed by atoms with Gasteiger partial charge in [0.25, 0.3) is 10.0 Å². The first-order valence-electron chi connectivity index (χ1n) is 10.7. The summed E-state index contributed by atoms with van der Waals surface area (Å²) >= 11 is 6.92. The lowest BCUT2D eigenvalue weighted by molar-refractivity contribution is -0.140. The first-order valence-corrected chi connectivity index (χ1v) is 15.1. The molecule has 0 unspecified atom stereocenters. The van der Waals surface area contributed by atoms with E-state index in [4.69, 9.17) is 11.6 Å². The first kappa shape index (κ1) is 25.8. The van der Waals surface area contributed by atoms with Crippen molar-refractivity contribution in [2.24, 2.45) is 0 Å². The van der Waals surface area contributed by atoms with Gasteiger partial charge in [-0.2, -0.15) is 4.72 Å². The van der Waals surface area contributed by atoms with Gasteiger partial charge in [0, 0.05) is 15.3 Å². The summed E-state index contributed by atoms with van der Waals surface area (Å²) in [6.07, 6.45) is -0.181. The zero-order chi connectivity index (χ0) is 25.6. The molecular formula is C24H24ClNO6S3. The van der Waals surface area contributed by atoms with Gasteiger partial charge in [-0.15, -0.1) is 11.3 Å². The van der Waals surface area contributed by atoms with Crippen molar-refractivity contribution in [1.29, 1.82) is 0 Å². The third-order valence-electron chi connectivity index (χ3n) is 6.40. The smallest absolute Gasteiger partial charge is 0.325 e. The number of hydrogen-bond donors (Lipinski definition) is 2. The highest BCUT2D eigenvalue weighted by Gasteiger charge is 2.76. The zero-order valence-electron chi connectivity index (χ0n) is 18.9. The van der Waals surface area contributed by atoms with E-state index in [1.54, 1.807) is 60.7 Å². The largest absolute Gasteiger partial charge is 0.480 e. The fraction of sp³-hybridized carbons (Fsp3) is 0.292. The van der Waals surface area contributed by atoms with Crippen molar-refractivity contribution < 1.29 is 26.7 Å². The molecule has 0 bridgehead atoms. The van der Waals surface area contributed by atoms with Crippen LogP contribution in [0.25, 0.3) is 10.4 Å². The number of nitrogens with one attached hydrogen (secondary N) is 1. The molecule has 35 heavy (non-hydrogen) atoms. The van der Waals surface area contributed by atoms with Gasteiger partial charge in [-0.3, -0.25) is 4.79 Å². The van der Waals surface area contributed by atoms with Crippen LogP contribution in [0.2, 0.25) is 5.02 Å². The van der Waals surface area contributed by atoms with Crippen LogP contribution in [0.5, 0.6) is 0 Å². The summed E-state index contributed by atoms with van der Waals surface area (Å²) in [7, 11) is -7.99. The van der Waals surface area contributed by atoms with Gasteiger partial charge >= 0.3 is 5.97 Å². The number of sulfonamides is 1. The lowest BCUT2D eigenvalue weighted by atomic mass is 9.92. The topological polar surface area (TPSA) is 118 Å². The summed E-state index contributed by atoms with van der Waals surface area (Å²) in [5, 5.41) is 10.0. The predicted octanol–water partition coefficient (Wildman–Crippen LogP) is 4.34. The Morgan fingerprint density at radius 2 is 1.66 bits per heavy atom. The van der Waals surface area contributed by atoms with Crippen molar-refractivity contribution in [3.05, 3.63) is 77.3 Å². The van der Waals surface area contributed by atoms with E-state index >= 15 is 0 Å². The number of thiophene rings is 1. The number of hydrogen-bond acceptors (Lipinski definition) is 6. The molecule has 7 nitrogen and oxygen atoms in total. The Bertz CT molecular complexity index is 1470. The number of sulfone groups is 1. The van der Waals surface area contributed by atoms with E-state index in [0.717, 1.165) is 16.9 Å². The van der Waals surface area contributed by atoms with Crippen molar-refractivity contribution in [1.82, 2.24) is 4.72 Å². The summed E-state index contributed by atoms with van der Waals surface area (Å²) in [6.45, 7) is 3.04. The minimum Gasteiger partial charge on any atom is -0.480 e. The molecule has 2 atom stereocenters. The Kier molecular flexibility index (Phi) is 6.65. The summed E-state index contributed by atoms with van der Waals surface area (Å²) in [5.41, 5.74) is -2.21. The molecule has 1 aliphatic carbocycles. The van der Waals surface area contributed by atoms with E-state index in [9.17, 15) is 26.7 Å². The molecule has 0 radical (unpaired) electrons. The standard InChI is InChI=1S/C24H24ClNO6S3/c1-16(2)34(29,30)15-23(18-6-4-3-5-7-18)14-24(23,22(27)28)26-35(31,32)21-13-12-20(33-21)17-8-10-19(25)11-9-17/h3-13,16,26H,14-15H2,1-2H3,(H,27,28)/t23-,24+/m1/s1. The van der Waals surface area contributed by atoms with Crippen molar-refractivity contribution in [2.45, 2.75) is 40.7 Å². The molecule has 1 aromatic heterocycles. The number of benzene rings is 2. The molecule has 186 valence electrons. The SMILES string of the molecule is CC(C)S(=O)(=O)C[C@@]1(c2ccccc2)C[C@]1(NS(=O)(=O)c1ccc(-c2ccc(Cl)cc2)s1)C(=O)O. The van der Waals surface area contributed by atoms with Crippen LogP contribution in [-0.4, -0.2) is 44.5 Å². The molecule has 1 heterocycles. The highest BCUT2D eigenvalue weighted by Crippen LogP contribution is 2.59. The van der Waals surface area contributed by atoms with Crippen LogP contribution in [0, 0.1) is 0 Å². The van der Waals surface area contributed by atoms with Gasteiger partial charge in [-0.25, -0.2) is 16.8 Å². The minimum atomic E-state index is -4.28. The maximum atomic E-state index is 13.4. The van der Waals surface area contributed by atoms with Crippen LogP contribution >= 0.6 is 22.9 Å². The van der Waals surface area contributed by atoms with Crippen LogP contribution in [-0.2, 0) is 30.1 Å². The Balaban J connectivity index is 1.74. The summed E-state index contributed by atoms with van der Waals surface area (Å²) in [5.74, 6) is -1.91. The normalized spacial score (nSPS) is 22.3. The highest BCUT2D eigenvalue weighted by atomic mass is 35.5. The number of carbonyl (C=O) groups is 1. The quantitative estimate of drug-likeness (QED) is 0.407. The van der Waals surface area contributed by atoms with Crippen molar-refractivity contribution in [3.63, 3.8) is 0 Å². The molecule has 1 aliphatic rings. The van der Waals surface area contributed by atoms with Gasteiger partial charge in [0.05, 0.1) is 11.0 Å². The molecule has 3 aromatic rings. The van der Waals surface area contributed by atoms with Gasteiger partial charge in [0.2, 0.25) is 0 Å². The monoisotopic (exact) mass is 553 g/mol. The van der Waals surface area contributed by atoms with Crippen LogP contribution < -0.4 is 4.72 Å². The second-order valence-electron chi connectivity index (χ2n) is 8.92. The van der Waals surface area contributed by atoms with Crippen LogP contribution in [0.3, 0.4) is 0 Å². The molecule has 0 saturated heterocycles. The molecule has 0 amide bonds. The maximum absolute atomic E-state index is 13.4. The molecule has 1 fully saturated rings. The van der Waals surface area contributed by atoms with Gasteiger partial charge < -0.3 is 5.11 Å². The molecule has 0 spiro atoms. The molecular weight excluding hydrogens is 530 g/mol. The average Bonchev–Trinajstić information content (AvgIpc) is 3.16. The Labute approximate surface area is 213 Å². The third kappa shape index (κ3) is 4.65. The molecule has 0 aliphatic heterocycles. The minimum absolute atomic E-state index is 0.0661. The Hall–Kier alpha value is -2.24. The van der Waals surface area contributed by atoms with Crippen LogP contribution in [0.1, 0.15) is 25.8 Å². The Morgan fingerprint density at radius 3 is 2.23 bits per heavy atom. The maximum Gasteiger partial charge on any atom is 0.325 e. The van der Waals surface area contributed by atoms with Gasteiger partial charge in [-0.1, -0.05) is 54.1 Å². The number of carboxylic acid groups (broad SMARTS) is 1. The lowest BCUT2D eigenvalue weighted by Gasteiger charge is -2.25. The molecule has 2 aromatic carbocycles.